The predicted octanol–water partition coefficient (Wildman–Crippen LogP) is 6.60. The van der Waals surface area contributed by atoms with Crippen LogP contribution in [0.3, 0.4) is 0 Å². The summed E-state index contributed by atoms with van der Waals surface area (Å²) in [5, 5.41) is 8.97. The number of unbranched alkanes of at least 4 members (excludes halogenated alkanes) is 2. The van der Waals surface area contributed by atoms with Crippen LogP contribution in [0.5, 0.6) is 0 Å². The SMILES string of the molecule is C/C=C(\CCCCC)C1CC(c2ccc(C#N)cc2)CCC1C. The zero-order chi connectivity index (χ0) is 16.7. The van der Waals surface area contributed by atoms with Gasteiger partial charge in [0.15, 0.2) is 0 Å². The van der Waals surface area contributed by atoms with Crippen molar-refractivity contribution in [3.8, 4) is 6.07 Å². The number of nitriles is 1. The summed E-state index contributed by atoms with van der Waals surface area (Å²) in [4.78, 5) is 0. The molecule has 3 atom stereocenters. The molecule has 2 rings (SSSR count). The van der Waals surface area contributed by atoms with E-state index in [1.807, 2.05) is 12.1 Å². The van der Waals surface area contributed by atoms with E-state index in [9.17, 15) is 0 Å². The zero-order valence-corrected chi connectivity index (χ0v) is 15.0. The van der Waals surface area contributed by atoms with Gasteiger partial charge in [-0.15, -0.1) is 0 Å². The van der Waals surface area contributed by atoms with Crippen LogP contribution in [-0.4, -0.2) is 0 Å². The summed E-state index contributed by atoms with van der Waals surface area (Å²) in [5.74, 6) is 2.20. The first kappa shape index (κ1) is 17.8. The molecule has 1 aliphatic carbocycles. The third kappa shape index (κ3) is 4.71. The molecule has 1 aromatic rings. The van der Waals surface area contributed by atoms with Gasteiger partial charge in [0, 0.05) is 0 Å². The van der Waals surface area contributed by atoms with Crippen LogP contribution in [0.4, 0.5) is 0 Å². The van der Waals surface area contributed by atoms with Crippen molar-refractivity contribution < 1.29 is 0 Å². The summed E-state index contributed by atoms with van der Waals surface area (Å²) in [7, 11) is 0. The minimum absolute atomic E-state index is 0.657. The Labute approximate surface area is 142 Å². The second kappa shape index (κ2) is 8.92. The van der Waals surface area contributed by atoms with Crippen LogP contribution in [0.2, 0.25) is 0 Å². The summed E-state index contributed by atoms with van der Waals surface area (Å²) in [6.45, 7) is 6.93. The molecular formula is C22H31N. The van der Waals surface area contributed by atoms with Crippen molar-refractivity contribution in [2.45, 2.75) is 71.6 Å². The van der Waals surface area contributed by atoms with Gasteiger partial charge in [0.25, 0.3) is 0 Å². The lowest BCUT2D eigenvalue weighted by Crippen LogP contribution is -2.24. The molecule has 124 valence electrons. The molecule has 0 spiro atoms. The Morgan fingerprint density at radius 1 is 1.22 bits per heavy atom. The molecule has 0 saturated heterocycles. The summed E-state index contributed by atoms with van der Waals surface area (Å²) in [5.41, 5.74) is 3.87. The summed E-state index contributed by atoms with van der Waals surface area (Å²) < 4.78 is 0. The monoisotopic (exact) mass is 309 g/mol. The highest BCUT2D eigenvalue weighted by Gasteiger charge is 2.30. The number of rotatable bonds is 6. The molecule has 0 aliphatic heterocycles. The molecule has 1 aromatic carbocycles. The van der Waals surface area contributed by atoms with Crippen LogP contribution >= 0.6 is 0 Å². The number of hydrogen-bond donors (Lipinski definition) is 0. The average Bonchev–Trinajstić information content (AvgIpc) is 2.60. The molecule has 0 aromatic heterocycles. The van der Waals surface area contributed by atoms with Crippen LogP contribution in [0.25, 0.3) is 0 Å². The fourth-order valence-electron chi connectivity index (χ4n) is 4.09. The number of hydrogen-bond acceptors (Lipinski definition) is 1. The van der Waals surface area contributed by atoms with Gasteiger partial charge in [0.2, 0.25) is 0 Å². The van der Waals surface area contributed by atoms with Crippen LogP contribution in [0.1, 0.15) is 82.8 Å². The Kier molecular flexibility index (Phi) is 6.90. The molecule has 0 radical (unpaired) electrons. The Morgan fingerprint density at radius 3 is 2.57 bits per heavy atom. The molecular weight excluding hydrogens is 278 g/mol. The lowest BCUT2D eigenvalue weighted by atomic mass is 9.69. The quantitative estimate of drug-likeness (QED) is 0.428. The molecule has 23 heavy (non-hydrogen) atoms. The molecule has 1 aliphatic rings. The van der Waals surface area contributed by atoms with Gasteiger partial charge < -0.3 is 0 Å². The number of nitrogens with zero attached hydrogens (tertiary/aromatic N) is 1. The van der Waals surface area contributed by atoms with Crippen molar-refractivity contribution in [3.63, 3.8) is 0 Å². The Bertz CT molecular complexity index is 546. The van der Waals surface area contributed by atoms with E-state index in [1.54, 1.807) is 5.57 Å². The lowest BCUT2D eigenvalue weighted by molar-refractivity contribution is 0.259. The first-order valence-corrected chi connectivity index (χ1v) is 9.34. The van der Waals surface area contributed by atoms with Crippen molar-refractivity contribution in [1.29, 1.82) is 5.26 Å². The molecule has 0 amide bonds. The smallest absolute Gasteiger partial charge is 0.0991 e. The van der Waals surface area contributed by atoms with E-state index in [0.29, 0.717) is 5.92 Å². The number of benzene rings is 1. The third-order valence-corrected chi connectivity index (χ3v) is 5.62. The maximum atomic E-state index is 8.97. The molecule has 3 unspecified atom stereocenters. The van der Waals surface area contributed by atoms with Gasteiger partial charge in [-0.1, -0.05) is 50.5 Å². The fraction of sp³-hybridized carbons (Fsp3) is 0.591. The van der Waals surface area contributed by atoms with Gasteiger partial charge in [-0.05, 0) is 74.5 Å². The van der Waals surface area contributed by atoms with E-state index in [0.717, 1.165) is 17.4 Å². The van der Waals surface area contributed by atoms with E-state index in [-0.39, 0.29) is 0 Å². The largest absolute Gasteiger partial charge is 0.192 e. The van der Waals surface area contributed by atoms with Crippen molar-refractivity contribution in [2.24, 2.45) is 11.8 Å². The van der Waals surface area contributed by atoms with Gasteiger partial charge in [-0.25, -0.2) is 0 Å². The summed E-state index contributed by atoms with van der Waals surface area (Å²) >= 11 is 0. The van der Waals surface area contributed by atoms with E-state index in [4.69, 9.17) is 5.26 Å². The van der Waals surface area contributed by atoms with Crippen LogP contribution in [0, 0.1) is 23.2 Å². The van der Waals surface area contributed by atoms with Gasteiger partial charge in [-0.3, -0.25) is 0 Å². The minimum Gasteiger partial charge on any atom is -0.192 e. The fourth-order valence-corrected chi connectivity index (χ4v) is 4.09. The predicted molar refractivity (Wildman–Crippen MR) is 98.3 cm³/mol. The van der Waals surface area contributed by atoms with E-state index >= 15 is 0 Å². The molecule has 0 heterocycles. The molecule has 1 heteroatoms. The first-order valence-electron chi connectivity index (χ1n) is 9.34. The Hall–Kier alpha value is -1.55. The molecule has 0 bridgehead atoms. The molecule has 1 saturated carbocycles. The highest BCUT2D eigenvalue weighted by atomic mass is 14.3. The average molecular weight is 309 g/mol. The van der Waals surface area contributed by atoms with E-state index < -0.39 is 0 Å². The van der Waals surface area contributed by atoms with Crippen molar-refractivity contribution >= 4 is 0 Å². The maximum Gasteiger partial charge on any atom is 0.0991 e. The van der Waals surface area contributed by atoms with Crippen LogP contribution < -0.4 is 0 Å². The second-order valence-electron chi connectivity index (χ2n) is 7.15. The van der Waals surface area contributed by atoms with Crippen molar-refractivity contribution in [3.05, 3.63) is 47.0 Å². The second-order valence-corrected chi connectivity index (χ2v) is 7.15. The highest BCUT2D eigenvalue weighted by molar-refractivity contribution is 5.33. The zero-order valence-electron chi connectivity index (χ0n) is 15.0. The summed E-state index contributed by atoms with van der Waals surface area (Å²) in [6.07, 6.45) is 11.5. The number of allylic oxidation sites excluding steroid dienone is 2. The minimum atomic E-state index is 0.657. The lowest BCUT2D eigenvalue weighted by Gasteiger charge is -2.36. The van der Waals surface area contributed by atoms with Gasteiger partial charge >= 0.3 is 0 Å². The van der Waals surface area contributed by atoms with E-state index in [2.05, 4.69) is 45.0 Å². The Morgan fingerprint density at radius 2 is 1.96 bits per heavy atom. The van der Waals surface area contributed by atoms with Crippen molar-refractivity contribution in [1.82, 2.24) is 0 Å². The van der Waals surface area contributed by atoms with Gasteiger partial charge in [-0.2, -0.15) is 5.26 Å². The van der Waals surface area contributed by atoms with Gasteiger partial charge in [0.1, 0.15) is 0 Å². The Balaban J connectivity index is 2.06. The topological polar surface area (TPSA) is 23.8 Å². The molecule has 1 fully saturated rings. The molecule has 1 nitrogen and oxygen atoms in total. The summed E-state index contributed by atoms with van der Waals surface area (Å²) in [6, 6.07) is 10.5. The van der Waals surface area contributed by atoms with Crippen molar-refractivity contribution in [2.75, 3.05) is 0 Å². The van der Waals surface area contributed by atoms with Gasteiger partial charge in [0.05, 0.1) is 11.6 Å². The highest BCUT2D eigenvalue weighted by Crippen LogP contribution is 2.43. The standard InChI is InChI=1S/C22H31N/c1-4-6-7-8-19(5-2)22-15-21(12-9-17(22)3)20-13-10-18(16-23)11-14-20/h5,10-11,13-14,17,21-22H,4,6-9,12,15H2,1-3H3/b19-5+. The van der Waals surface area contributed by atoms with Crippen LogP contribution in [0.15, 0.2) is 35.9 Å². The van der Waals surface area contributed by atoms with E-state index in [1.165, 1.54) is 50.5 Å². The maximum absolute atomic E-state index is 8.97. The third-order valence-electron chi connectivity index (χ3n) is 5.62. The normalized spacial score (nSPS) is 25.1. The molecule has 0 N–H and O–H groups in total. The van der Waals surface area contributed by atoms with Crippen LogP contribution in [-0.2, 0) is 0 Å². The first-order chi connectivity index (χ1) is 11.2.